The second-order valence-electron chi connectivity index (χ2n) is 6.14. The van der Waals surface area contributed by atoms with Gasteiger partial charge in [0.15, 0.2) is 0 Å². The molecule has 0 spiro atoms. The highest BCUT2D eigenvalue weighted by Gasteiger charge is 2.24. The van der Waals surface area contributed by atoms with Crippen molar-refractivity contribution in [3.8, 4) is 0 Å². The lowest BCUT2D eigenvalue weighted by Gasteiger charge is -2.22. The van der Waals surface area contributed by atoms with Gasteiger partial charge in [-0.1, -0.05) is 44.2 Å². The molecule has 0 fully saturated rings. The number of aliphatic hydroxyl groups is 1. The Bertz CT molecular complexity index is 491. The Morgan fingerprint density at radius 1 is 1.17 bits per heavy atom. The van der Waals surface area contributed by atoms with E-state index in [-0.39, 0.29) is 24.9 Å². The lowest BCUT2D eigenvalue weighted by Crippen LogP contribution is -2.43. The van der Waals surface area contributed by atoms with E-state index in [9.17, 15) is 14.7 Å². The van der Waals surface area contributed by atoms with Gasteiger partial charge in [0.1, 0.15) is 0 Å². The van der Waals surface area contributed by atoms with Gasteiger partial charge in [-0.05, 0) is 24.3 Å². The van der Waals surface area contributed by atoms with Crippen molar-refractivity contribution in [3.05, 3.63) is 35.9 Å². The summed E-state index contributed by atoms with van der Waals surface area (Å²) in [7, 11) is 0. The number of rotatable bonds is 9. The van der Waals surface area contributed by atoms with Crippen LogP contribution in [0.25, 0.3) is 0 Å². The standard InChI is InChI=1S/C17H26N2O4/c1-12(2)8-14(10-16(21)19-23)17(22)18-15(11-20)9-13-6-4-3-5-7-13/h3-7,12,14-15,20,23H,8-11H2,1-2H3,(H,18,22)(H,19,21). The van der Waals surface area contributed by atoms with Crippen molar-refractivity contribution in [1.29, 1.82) is 0 Å². The van der Waals surface area contributed by atoms with Crippen LogP contribution in [0, 0.1) is 11.8 Å². The van der Waals surface area contributed by atoms with Crippen LogP contribution >= 0.6 is 0 Å². The maximum Gasteiger partial charge on any atom is 0.244 e. The molecule has 1 aromatic rings. The van der Waals surface area contributed by atoms with E-state index >= 15 is 0 Å². The van der Waals surface area contributed by atoms with Crippen molar-refractivity contribution < 1.29 is 19.9 Å². The van der Waals surface area contributed by atoms with E-state index in [4.69, 9.17) is 5.21 Å². The number of aliphatic hydroxyl groups excluding tert-OH is 1. The first kappa shape index (κ1) is 19.1. The van der Waals surface area contributed by atoms with Crippen LogP contribution < -0.4 is 10.8 Å². The van der Waals surface area contributed by atoms with Gasteiger partial charge in [0.25, 0.3) is 0 Å². The van der Waals surface area contributed by atoms with Gasteiger partial charge in [-0.15, -0.1) is 0 Å². The number of hydrogen-bond donors (Lipinski definition) is 4. The molecular formula is C17H26N2O4. The van der Waals surface area contributed by atoms with Crippen LogP contribution in [0.15, 0.2) is 30.3 Å². The van der Waals surface area contributed by atoms with Crippen LogP contribution in [0.1, 0.15) is 32.3 Å². The van der Waals surface area contributed by atoms with Gasteiger partial charge >= 0.3 is 0 Å². The Kier molecular flexibility index (Phi) is 8.29. The summed E-state index contributed by atoms with van der Waals surface area (Å²) in [6.07, 6.45) is 0.969. The molecule has 128 valence electrons. The lowest BCUT2D eigenvalue weighted by atomic mass is 9.92. The van der Waals surface area contributed by atoms with Crippen LogP contribution in [-0.4, -0.2) is 34.8 Å². The zero-order chi connectivity index (χ0) is 17.2. The third-order valence-corrected chi connectivity index (χ3v) is 3.57. The van der Waals surface area contributed by atoms with Gasteiger partial charge < -0.3 is 10.4 Å². The van der Waals surface area contributed by atoms with Crippen molar-refractivity contribution in [3.63, 3.8) is 0 Å². The van der Waals surface area contributed by atoms with E-state index in [1.807, 2.05) is 44.2 Å². The Labute approximate surface area is 136 Å². The van der Waals surface area contributed by atoms with Gasteiger partial charge in [0, 0.05) is 12.3 Å². The van der Waals surface area contributed by atoms with E-state index in [0.29, 0.717) is 12.8 Å². The Hall–Kier alpha value is -1.92. The maximum atomic E-state index is 12.4. The second-order valence-corrected chi connectivity index (χ2v) is 6.14. The summed E-state index contributed by atoms with van der Waals surface area (Å²) in [5.74, 6) is -1.17. The summed E-state index contributed by atoms with van der Waals surface area (Å²) >= 11 is 0. The van der Waals surface area contributed by atoms with Gasteiger partial charge in [-0.2, -0.15) is 0 Å². The molecule has 0 aliphatic heterocycles. The first-order valence-electron chi connectivity index (χ1n) is 7.84. The summed E-state index contributed by atoms with van der Waals surface area (Å²) in [6, 6.07) is 9.16. The summed E-state index contributed by atoms with van der Waals surface area (Å²) in [6.45, 7) is 3.75. The molecule has 4 N–H and O–H groups in total. The largest absolute Gasteiger partial charge is 0.394 e. The Balaban J connectivity index is 2.67. The minimum absolute atomic E-state index is 0.0794. The minimum Gasteiger partial charge on any atom is -0.394 e. The SMILES string of the molecule is CC(C)CC(CC(=O)NO)C(=O)NC(CO)Cc1ccccc1. The zero-order valence-electron chi connectivity index (χ0n) is 13.7. The number of carbonyl (C=O) groups excluding carboxylic acids is 2. The molecular weight excluding hydrogens is 296 g/mol. The van der Waals surface area contributed by atoms with Gasteiger partial charge in [0.2, 0.25) is 11.8 Å². The summed E-state index contributed by atoms with van der Waals surface area (Å²) in [4.78, 5) is 23.8. The molecule has 0 saturated carbocycles. The monoisotopic (exact) mass is 322 g/mol. The number of carbonyl (C=O) groups is 2. The maximum absolute atomic E-state index is 12.4. The first-order chi connectivity index (χ1) is 11.0. The fourth-order valence-electron chi connectivity index (χ4n) is 2.50. The predicted molar refractivity (Wildman–Crippen MR) is 86.7 cm³/mol. The third kappa shape index (κ3) is 7.25. The summed E-state index contributed by atoms with van der Waals surface area (Å²) in [5, 5.41) is 20.9. The number of hydroxylamine groups is 1. The average molecular weight is 322 g/mol. The number of benzene rings is 1. The molecule has 2 amide bonds. The molecule has 0 aliphatic carbocycles. The van der Waals surface area contributed by atoms with Crippen molar-refractivity contribution in [2.24, 2.45) is 11.8 Å². The van der Waals surface area contributed by atoms with Crippen LogP contribution in [0.2, 0.25) is 0 Å². The molecule has 2 atom stereocenters. The van der Waals surface area contributed by atoms with Crippen LogP contribution in [0.3, 0.4) is 0 Å². The Morgan fingerprint density at radius 3 is 2.35 bits per heavy atom. The molecule has 0 aliphatic rings. The highest BCUT2D eigenvalue weighted by atomic mass is 16.5. The molecule has 1 rings (SSSR count). The molecule has 0 saturated heterocycles. The van der Waals surface area contributed by atoms with Gasteiger partial charge in [0.05, 0.1) is 12.6 Å². The summed E-state index contributed by atoms with van der Waals surface area (Å²) in [5.41, 5.74) is 2.58. The number of amides is 2. The summed E-state index contributed by atoms with van der Waals surface area (Å²) < 4.78 is 0. The highest BCUT2D eigenvalue weighted by molar-refractivity contribution is 5.85. The molecule has 6 heteroatoms. The van der Waals surface area contributed by atoms with Crippen molar-refractivity contribution in [1.82, 2.24) is 10.8 Å². The van der Waals surface area contributed by atoms with E-state index in [1.54, 1.807) is 5.48 Å². The molecule has 0 radical (unpaired) electrons. The highest BCUT2D eigenvalue weighted by Crippen LogP contribution is 2.16. The van der Waals surface area contributed by atoms with E-state index < -0.39 is 17.9 Å². The molecule has 0 heterocycles. The fourth-order valence-corrected chi connectivity index (χ4v) is 2.50. The molecule has 1 aromatic carbocycles. The number of hydrogen-bond acceptors (Lipinski definition) is 4. The van der Waals surface area contributed by atoms with E-state index in [1.165, 1.54) is 0 Å². The first-order valence-corrected chi connectivity index (χ1v) is 7.84. The third-order valence-electron chi connectivity index (χ3n) is 3.57. The van der Waals surface area contributed by atoms with Gasteiger partial charge in [-0.3, -0.25) is 14.8 Å². The van der Waals surface area contributed by atoms with Crippen molar-refractivity contribution in [2.75, 3.05) is 6.61 Å². The lowest BCUT2D eigenvalue weighted by molar-refractivity contribution is -0.135. The predicted octanol–water partition coefficient (Wildman–Crippen LogP) is 1.26. The van der Waals surface area contributed by atoms with Gasteiger partial charge in [-0.25, -0.2) is 5.48 Å². The quantitative estimate of drug-likeness (QED) is 0.406. The van der Waals surface area contributed by atoms with E-state index in [2.05, 4.69) is 5.32 Å². The van der Waals surface area contributed by atoms with E-state index in [0.717, 1.165) is 5.56 Å². The smallest absolute Gasteiger partial charge is 0.244 e. The van der Waals surface area contributed by atoms with Crippen molar-refractivity contribution >= 4 is 11.8 Å². The molecule has 6 nitrogen and oxygen atoms in total. The van der Waals surface area contributed by atoms with Crippen LogP contribution in [0.5, 0.6) is 0 Å². The molecule has 0 bridgehead atoms. The molecule has 23 heavy (non-hydrogen) atoms. The van der Waals surface area contributed by atoms with Crippen LogP contribution in [0.4, 0.5) is 0 Å². The topological polar surface area (TPSA) is 98.7 Å². The fraction of sp³-hybridized carbons (Fsp3) is 0.529. The normalized spacial score (nSPS) is 13.4. The average Bonchev–Trinajstić information content (AvgIpc) is 2.53. The second kappa shape index (κ2) is 9.97. The Morgan fingerprint density at radius 2 is 1.83 bits per heavy atom. The minimum atomic E-state index is -0.589. The molecule has 0 aromatic heterocycles. The molecule has 2 unspecified atom stereocenters. The zero-order valence-corrected chi connectivity index (χ0v) is 13.7. The number of nitrogens with one attached hydrogen (secondary N) is 2. The van der Waals surface area contributed by atoms with Crippen LogP contribution in [-0.2, 0) is 16.0 Å². The van der Waals surface area contributed by atoms with Crippen molar-refractivity contribution in [2.45, 2.75) is 39.2 Å².